The molecular weight excluding hydrogens is 391 g/mol. The molecule has 0 aliphatic rings. The van der Waals surface area contributed by atoms with Crippen molar-refractivity contribution in [1.29, 1.82) is 0 Å². The number of esters is 1. The fourth-order valence-corrected chi connectivity index (χ4v) is 4.30. The number of hydrogen-bond donors (Lipinski definition) is 0. The van der Waals surface area contributed by atoms with E-state index < -0.39 is 58.6 Å². The zero-order valence-corrected chi connectivity index (χ0v) is 16.1. The summed E-state index contributed by atoms with van der Waals surface area (Å²) in [5, 5.41) is 0. The molecule has 0 aliphatic heterocycles. The molecule has 148 valence electrons. The lowest BCUT2D eigenvalue weighted by Crippen LogP contribution is -2.53. The molecule has 0 heterocycles. The summed E-state index contributed by atoms with van der Waals surface area (Å²) in [4.78, 5) is 24.1. The Labute approximate surface area is 144 Å². The SMILES string of the molecule is CC(=O)C(C)(CN(S(C)(=O)=O)S(=O)(=O)C(F)(F)F)C(=O)OC(C)(C)C. The lowest BCUT2D eigenvalue weighted by Gasteiger charge is -2.32. The molecular formula is C12H20F3NO7S2. The fraction of sp³-hybridized carbons (Fsp3) is 0.833. The molecule has 0 rings (SSSR count). The summed E-state index contributed by atoms with van der Waals surface area (Å²) in [6, 6.07) is 0. The largest absolute Gasteiger partial charge is 0.512 e. The summed E-state index contributed by atoms with van der Waals surface area (Å²) in [5.74, 6) is -2.41. The molecule has 0 aromatic rings. The monoisotopic (exact) mass is 411 g/mol. The molecule has 0 spiro atoms. The highest BCUT2D eigenvalue weighted by molar-refractivity contribution is 8.04. The van der Waals surface area contributed by atoms with Gasteiger partial charge in [-0.15, -0.1) is 0 Å². The topological polar surface area (TPSA) is 115 Å². The number of ether oxygens (including phenoxy) is 1. The molecule has 0 saturated heterocycles. The molecule has 0 aromatic heterocycles. The van der Waals surface area contributed by atoms with E-state index in [0.717, 1.165) is 13.8 Å². The predicted octanol–water partition coefficient (Wildman–Crippen LogP) is 1.03. The Kier molecular flexibility index (Phi) is 6.50. The van der Waals surface area contributed by atoms with E-state index in [4.69, 9.17) is 4.74 Å². The molecule has 1 atom stereocenters. The maximum Gasteiger partial charge on any atom is 0.512 e. The molecule has 0 radical (unpaired) electrons. The first kappa shape index (κ1) is 23.8. The first-order chi connectivity index (χ1) is 10.7. The molecule has 0 aliphatic carbocycles. The molecule has 0 saturated carbocycles. The minimum absolute atomic E-state index is 0.214. The zero-order chi connectivity index (χ0) is 20.6. The van der Waals surface area contributed by atoms with E-state index in [2.05, 4.69) is 0 Å². The molecule has 1 unspecified atom stereocenters. The maximum atomic E-state index is 12.8. The number of carbonyl (C=O) groups excluding carboxylic acids is 2. The van der Waals surface area contributed by atoms with Gasteiger partial charge in [0.15, 0.2) is 0 Å². The molecule has 25 heavy (non-hydrogen) atoms. The molecule has 0 fully saturated rings. The van der Waals surface area contributed by atoms with Gasteiger partial charge in [-0.3, -0.25) is 9.59 Å². The highest BCUT2D eigenvalue weighted by Gasteiger charge is 2.57. The van der Waals surface area contributed by atoms with Gasteiger partial charge in [0.1, 0.15) is 16.8 Å². The van der Waals surface area contributed by atoms with E-state index >= 15 is 0 Å². The number of carbonyl (C=O) groups is 2. The van der Waals surface area contributed by atoms with Crippen molar-refractivity contribution in [3.8, 4) is 0 Å². The van der Waals surface area contributed by atoms with Crippen molar-refractivity contribution in [2.24, 2.45) is 5.41 Å². The Bertz CT molecular complexity index is 751. The van der Waals surface area contributed by atoms with Crippen molar-refractivity contribution in [1.82, 2.24) is 3.71 Å². The van der Waals surface area contributed by atoms with Gasteiger partial charge < -0.3 is 4.74 Å². The van der Waals surface area contributed by atoms with Gasteiger partial charge in [-0.25, -0.2) is 16.8 Å². The minimum atomic E-state index is -6.35. The van der Waals surface area contributed by atoms with Crippen molar-refractivity contribution in [2.45, 2.75) is 45.7 Å². The third-order valence-electron chi connectivity index (χ3n) is 3.00. The van der Waals surface area contributed by atoms with Crippen LogP contribution >= 0.6 is 0 Å². The number of sulfonamides is 2. The predicted molar refractivity (Wildman–Crippen MR) is 81.2 cm³/mol. The third-order valence-corrected chi connectivity index (χ3v) is 6.52. The molecule has 13 heteroatoms. The van der Waals surface area contributed by atoms with Crippen LogP contribution in [0.25, 0.3) is 0 Å². The number of hydrogen-bond acceptors (Lipinski definition) is 7. The van der Waals surface area contributed by atoms with Crippen molar-refractivity contribution in [2.75, 3.05) is 12.8 Å². The van der Waals surface area contributed by atoms with Crippen molar-refractivity contribution in [3.05, 3.63) is 0 Å². The third kappa shape index (κ3) is 5.64. The van der Waals surface area contributed by atoms with Crippen LogP contribution in [0.4, 0.5) is 13.2 Å². The second-order valence-corrected chi connectivity index (χ2v) is 10.5. The smallest absolute Gasteiger partial charge is 0.459 e. The van der Waals surface area contributed by atoms with E-state index in [0.29, 0.717) is 0 Å². The average molecular weight is 411 g/mol. The molecule has 8 nitrogen and oxygen atoms in total. The van der Waals surface area contributed by atoms with Gasteiger partial charge in [0.2, 0.25) is 10.0 Å². The number of Topliss-reactive ketones (excluding diaryl/α,β-unsaturated/α-hetero) is 1. The number of halogens is 3. The summed E-state index contributed by atoms with van der Waals surface area (Å²) in [6.07, 6.45) is 0.214. The molecule has 0 aromatic carbocycles. The van der Waals surface area contributed by atoms with E-state index in [-0.39, 0.29) is 6.26 Å². The van der Waals surface area contributed by atoms with E-state index in [9.17, 15) is 39.6 Å². The lowest BCUT2D eigenvalue weighted by molar-refractivity contribution is -0.169. The van der Waals surface area contributed by atoms with E-state index in [1.54, 1.807) is 0 Å². The maximum absolute atomic E-state index is 12.8. The van der Waals surface area contributed by atoms with Crippen LogP contribution in [0.1, 0.15) is 34.6 Å². The van der Waals surface area contributed by atoms with Crippen LogP contribution in [-0.4, -0.2) is 56.2 Å². The molecule has 0 N–H and O–H groups in total. The highest BCUT2D eigenvalue weighted by atomic mass is 32.3. The van der Waals surface area contributed by atoms with Gasteiger partial charge in [-0.2, -0.15) is 13.2 Å². The van der Waals surface area contributed by atoms with Gasteiger partial charge >= 0.3 is 21.5 Å². The Morgan fingerprint density at radius 1 is 1.00 bits per heavy atom. The first-order valence-electron chi connectivity index (χ1n) is 6.70. The van der Waals surface area contributed by atoms with Gasteiger partial charge in [-0.1, -0.05) is 3.71 Å². The van der Waals surface area contributed by atoms with Gasteiger partial charge in [0.05, 0.1) is 12.8 Å². The minimum Gasteiger partial charge on any atom is -0.459 e. The number of ketones is 1. The van der Waals surface area contributed by atoms with Crippen LogP contribution in [0.2, 0.25) is 0 Å². The van der Waals surface area contributed by atoms with Crippen LogP contribution in [0.15, 0.2) is 0 Å². The summed E-state index contributed by atoms with van der Waals surface area (Å²) in [7, 11) is -11.3. The lowest BCUT2D eigenvalue weighted by atomic mass is 9.86. The van der Waals surface area contributed by atoms with Gasteiger partial charge in [0, 0.05) is 0 Å². The van der Waals surface area contributed by atoms with Crippen molar-refractivity contribution in [3.63, 3.8) is 0 Å². The standard InChI is InChI=1S/C12H20F3NO7S2/c1-8(17)11(5,9(18)23-10(2,3)4)7-16(24(6,19)20)25(21,22)12(13,14)15/h7H2,1-6H3. The van der Waals surface area contributed by atoms with Crippen LogP contribution in [0.5, 0.6) is 0 Å². The molecule has 0 amide bonds. The highest BCUT2D eigenvalue weighted by Crippen LogP contribution is 2.33. The summed E-state index contributed by atoms with van der Waals surface area (Å²) in [6.45, 7) is 4.28. The Balaban J connectivity index is 6.27. The quantitative estimate of drug-likeness (QED) is 0.474. The second-order valence-electron chi connectivity index (χ2n) is 6.53. The van der Waals surface area contributed by atoms with Crippen molar-refractivity contribution < 1.29 is 44.3 Å². The van der Waals surface area contributed by atoms with Gasteiger partial charge in [0.25, 0.3) is 0 Å². The Hall–Kier alpha value is -1.21. The normalized spacial score (nSPS) is 16.4. The fourth-order valence-electron chi connectivity index (χ4n) is 1.46. The Morgan fingerprint density at radius 3 is 1.64 bits per heavy atom. The zero-order valence-electron chi connectivity index (χ0n) is 14.5. The summed E-state index contributed by atoms with van der Waals surface area (Å²) >= 11 is 0. The average Bonchev–Trinajstić information content (AvgIpc) is 2.29. The second kappa shape index (κ2) is 6.83. The van der Waals surface area contributed by atoms with E-state index in [1.807, 2.05) is 0 Å². The number of alkyl halides is 3. The Morgan fingerprint density at radius 2 is 1.40 bits per heavy atom. The van der Waals surface area contributed by atoms with Crippen LogP contribution in [-0.2, 0) is 34.4 Å². The number of rotatable bonds is 6. The van der Waals surface area contributed by atoms with Crippen LogP contribution in [0.3, 0.4) is 0 Å². The van der Waals surface area contributed by atoms with Crippen LogP contribution in [0, 0.1) is 5.41 Å². The first-order valence-corrected chi connectivity index (χ1v) is 9.99. The number of nitrogens with zero attached hydrogens (tertiary/aromatic N) is 1. The summed E-state index contributed by atoms with van der Waals surface area (Å²) < 4.78 is 88.7. The van der Waals surface area contributed by atoms with E-state index in [1.165, 1.54) is 20.8 Å². The molecule has 0 bridgehead atoms. The van der Waals surface area contributed by atoms with Crippen molar-refractivity contribution >= 4 is 31.8 Å². The van der Waals surface area contributed by atoms with Gasteiger partial charge in [-0.05, 0) is 34.6 Å². The van der Waals surface area contributed by atoms with Crippen LogP contribution < -0.4 is 0 Å². The summed E-state index contributed by atoms with van der Waals surface area (Å²) in [5.41, 5.74) is -9.55.